The molecule has 0 spiro atoms. The molecule has 2 heteroatoms. The first-order chi connectivity index (χ1) is 10.1. The first kappa shape index (κ1) is 15.8. The van der Waals surface area contributed by atoms with Crippen molar-refractivity contribution in [2.45, 2.75) is 70.6 Å². The predicted molar refractivity (Wildman–Crippen MR) is 85.2 cm³/mol. The Morgan fingerprint density at radius 1 is 1.14 bits per heavy atom. The van der Waals surface area contributed by atoms with E-state index in [2.05, 4.69) is 38.1 Å². The summed E-state index contributed by atoms with van der Waals surface area (Å²) < 4.78 is 0. The van der Waals surface area contributed by atoms with E-state index in [1.54, 1.807) is 0 Å². The van der Waals surface area contributed by atoms with Gasteiger partial charge in [0, 0.05) is 12.8 Å². The Balaban J connectivity index is 2.44. The highest BCUT2D eigenvalue weighted by Gasteiger charge is 2.38. The highest BCUT2D eigenvalue weighted by Crippen LogP contribution is 2.40. The molecular formula is C19H25NO. The Morgan fingerprint density at radius 3 is 2.38 bits per heavy atom. The molecule has 1 aliphatic rings. The maximum Gasteiger partial charge on any atom is 0.133 e. The third kappa shape index (κ3) is 3.35. The molecule has 21 heavy (non-hydrogen) atoms. The molecule has 1 aromatic rings. The summed E-state index contributed by atoms with van der Waals surface area (Å²) in [5, 5.41) is 9.83. The van der Waals surface area contributed by atoms with Crippen LogP contribution in [0.3, 0.4) is 0 Å². The first-order valence-corrected chi connectivity index (χ1v) is 8.20. The van der Waals surface area contributed by atoms with Crippen LogP contribution in [-0.4, -0.2) is 5.78 Å². The van der Waals surface area contributed by atoms with Crippen molar-refractivity contribution in [1.29, 1.82) is 5.26 Å². The zero-order valence-corrected chi connectivity index (χ0v) is 13.2. The van der Waals surface area contributed by atoms with Gasteiger partial charge in [0.2, 0.25) is 0 Å². The third-order valence-electron chi connectivity index (χ3n) is 4.62. The summed E-state index contributed by atoms with van der Waals surface area (Å²) in [5.74, 6) is 0.308. The van der Waals surface area contributed by atoms with Crippen molar-refractivity contribution < 1.29 is 4.79 Å². The molecule has 0 unspecified atom stereocenters. The van der Waals surface area contributed by atoms with E-state index in [-0.39, 0.29) is 0 Å². The zero-order valence-electron chi connectivity index (χ0n) is 13.2. The van der Waals surface area contributed by atoms with Gasteiger partial charge in [-0.15, -0.1) is 0 Å². The van der Waals surface area contributed by atoms with Crippen LogP contribution in [0, 0.1) is 11.3 Å². The number of nitrogens with zero attached hydrogens (tertiary/aromatic N) is 1. The molecular weight excluding hydrogens is 258 g/mol. The van der Waals surface area contributed by atoms with Crippen molar-refractivity contribution in [3.05, 3.63) is 34.9 Å². The normalized spacial score (nSPS) is 17.5. The topological polar surface area (TPSA) is 40.9 Å². The van der Waals surface area contributed by atoms with Crippen LogP contribution < -0.4 is 0 Å². The Morgan fingerprint density at radius 2 is 1.81 bits per heavy atom. The van der Waals surface area contributed by atoms with E-state index in [9.17, 15) is 10.1 Å². The molecule has 0 bridgehead atoms. The number of carbonyl (C=O) groups is 1. The molecule has 0 heterocycles. The zero-order chi connectivity index (χ0) is 15.3. The summed E-state index contributed by atoms with van der Waals surface area (Å²) in [6.07, 6.45) is 6.75. The largest absolute Gasteiger partial charge is 0.300 e. The lowest BCUT2D eigenvalue weighted by molar-refractivity contribution is -0.120. The fourth-order valence-electron chi connectivity index (χ4n) is 3.40. The van der Waals surface area contributed by atoms with Gasteiger partial charge < -0.3 is 0 Å². The fraction of sp³-hybridized carbons (Fsp3) is 0.579. The first-order valence-electron chi connectivity index (χ1n) is 8.20. The van der Waals surface area contributed by atoms with Crippen LogP contribution in [0.4, 0.5) is 0 Å². The van der Waals surface area contributed by atoms with Crippen LogP contribution in [0.1, 0.15) is 69.1 Å². The van der Waals surface area contributed by atoms with Gasteiger partial charge in [0.25, 0.3) is 0 Å². The molecule has 0 saturated heterocycles. The number of hydrogen-bond donors (Lipinski definition) is 0. The number of Topliss-reactive ketones (excluding diaryl/α,β-unsaturated/α-hetero) is 1. The van der Waals surface area contributed by atoms with Gasteiger partial charge in [0.1, 0.15) is 5.78 Å². The molecule has 0 radical (unpaired) electrons. The van der Waals surface area contributed by atoms with Crippen LogP contribution >= 0.6 is 0 Å². The number of rotatable bonds is 5. The van der Waals surface area contributed by atoms with Gasteiger partial charge in [-0.3, -0.25) is 4.79 Å². The van der Waals surface area contributed by atoms with E-state index in [1.807, 2.05) is 0 Å². The third-order valence-corrected chi connectivity index (χ3v) is 4.62. The van der Waals surface area contributed by atoms with Crippen LogP contribution in [0.5, 0.6) is 0 Å². The summed E-state index contributed by atoms with van der Waals surface area (Å²) in [6, 6.07) is 9.23. The summed E-state index contributed by atoms with van der Waals surface area (Å²) in [4.78, 5) is 11.6. The monoisotopic (exact) mass is 283 g/mol. The number of ketones is 1. The smallest absolute Gasteiger partial charge is 0.133 e. The molecule has 0 aliphatic heterocycles. The molecule has 2 rings (SSSR count). The Kier molecular flexibility index (Phi) is 5.17. The van der Waals surface area contributed by atoms with Crippen LogP contribution in [0.25, 0.3) is 0 Å². The number of nitriles is 1. The maximum atomic E-state index is 11.6. The summed E-state index contributed by atoms with van der Waals surface area (Å²) >= 11 is 0. The molecule has 0 aromatic heterocycles. The lowest BCUT2D eigenvalue weighted by atomic mass is 9.68. The van der Waals surface area contributed by atoms with Gasteiger partial charge >= 0.3 is 0 Å². The SMILES string of the molecule is CCCc1ccc(CCC)c(C2(C#N)CCC(=O)CC2)c1. The van der Waals surface area contributed by atoms with Crippen molar-refractivity contribution >= 4 is 5.78 Å². The Labute approximate surface area is 128 Å². The maximum absolute atomic E-state index is 11.6. The van der Waals surface area contributed by atoms with Gasteiger partial charge in [0.15, 0.2) is 0 Å². The molecule has 1 aromatic carbocycles. The minimum Gasteiger partial charge on any atom is -0.300 e. The van der Waals surface area contributed by atoms with E-state index in [4.69, 9.17) is 0 Å². The highest BCUT2D eigenvalue weighted by molar-refractivity contribution is 5.80. The van der Waals surface area contributed by atoms with Crippen molar-refractivity contribution in [1.82, 2.24) is 0 Å². The fourth-order valence-corrected chi connectivity index (χ4v) is 3.40. The molecule has 1 saturated carbocycles. The standard InChI is InChI=1S/C19H25NO/c1-3-5-15-7-8-16(6-4-2)18(13-15)19(14-20)11-9-17(21)10-12-19/h7-8,13H,3-6,9-12H2,1-2H3. The van der Waals surface area contributed by atoms with E-state index in [1.165, 1.54) is 16.7 Å². The molecule has 2 nitrogen and oxygen atoms in total. The lowest BCUT2D eigenvalue weighted by Crippen LogP contribution is -2.31. The molecule has 1 aliphatic carbocycles. The average molecular weight is 283 g/mol. The lowest BCUT2D eigenvalue weighted by Gasteiger charge is -2.32. The molecule has 1 fully saturated rings. The van der Waals surface area contributed by atoms with Crippen LogP contribution in [-0.2, 0) is 23.1 Å². The van der Waals surface area contributed by atoms with Gasteiger partial charge in [-0.05, 0) is 42.4 Å². The van der Waals surface area contributed by atoms with E-state index in [0.717, 1.165) is 25.7 Å². The van der Waals surface area contributed by atoms with E-state index >= 15 is 0 Å². The number of hydrogen-bond acceptors (Lipinski definition) is 2. The number of carbonyl (C=O) groups excluding carboxylic acids is 1. The quantitative estimate of drug-likeness (QED) is 0.798. The van der Waals surface area contributed by atoms with Gasteiger partial charge in [-0.2, -0.15) is 5.26 Å². The van der Waals surface area contributed by atoms with Crippen molar-refractivity contribution in [2.24, 2.45) is 0 Å². The summed E-state index contributed by atoms with van der Waals surface area (Å²) in [5.41, 5.74) is 3.37. The predicted octanol–water partition coefficient (Wildman–Crippen LogP) is 4.50. The minimum atomic E-state index is -0.442. The molecule has 0 atom stereocenters. The molecule has 0 N–H and O–H groups in total. The number of aryl methyl sites for hydroxylation is 2. The van der Waals surface area contributed by atoms with Crippen molar-refractivity contribution in [2.75, 3.05) is 0 Å². The van der Waals surface area contributed by atoms with Gasteiger partial charge in [-0.1, -0.05) is 44.9 Å². The second-order valence-electron chi connectivity index (χ2n) is 6.22. The molecule has 112 valence electrons. The highest BCUT2D eigenvalue weighted by atomic mass is 16.1. The minimum absolute atomic E-state index is 0.308. The summed E-state index contributed by atoms with van der Waals surface area (Å²) in [7, 11) is 0. The summed E-state index contributed by atoms with van der Waals surface area (Å²) in [6.45, 7) is 4.35. The second kappa shape index (κ2) is 6.89. The Hall–Kier alpha value is -1.62. The van der Waals surface area contributed by atoms with Gasteiger partial charge in [-0.25, -0.2) is 0 Å². The van der Waals surface area contributed by atoms with E-state index < -0.39 is 5.41 Å². The number of benzene rings is 1. The van der Waals surface area contributed by atoms with Gasteiger partial charge in [0.05, 0.1) is 11.5 Å². The Bertz CT molecular complexity index is 543. The van der Waals surface area contributed by atoms with E-state index in [0.29, 0.717) is 31.5 Å². The average Bonchev–Trinajstić information content (AvgIpc) is 2.51. The van der Waals surface area contributed by atoms with Crippen molar-refractivity contribution in [3.8, 4) is 6.07 Å². The molecule has 0 amide bonds. The van der Waals surface area contributed by atoms with Crippen LogP contribution in [0.15, 0.2) is 18.2 Å². The van der Waals surface area contributed by atoms with Crippen molar-refractivity contribution in [3.63, 3.8) is 0 Å². The van der Waals surface area contributed by atoms with Crippen LogP contribution in [0.2, 0.25) is 0 Å². The second-order valence-corrected chi connectivity index (χ2v) is 6.22.